The molecule has 0 aliphatic carbocycles. The van der Waals surface area contributed by atoms with Gasteiger partial charge in [0.2, 0.25) is 5.91 Å². The Bertz CT molecular complexity index is 789. The van der Waals surface area contributed by atoms with E-state index in [2.05, 4.69) is 40.5 Å². The van der Waals surface area contributed by atoms with E-state index in [4.69, 9.17) is 4.74 Å². The highest BCUT2D eigenvalue weighted by molar-refractivity contribution is 5.84. The fraction of sp³-hybridized carbons (Fsp3) is 0.381. The number of carbonyl (C=O) groups is 1. The molecule has 2 heterocycles. The lowest BCUT2D eigenvalue weighted by Gasteiger charge is -2.26. The van der Waals surface area contributed by atoms with Crippen molar-refractivity contribution in [3.8, 4) is 5.75 Å². The Hall–Kier alpha value is -2.33. The predicted molar refractivity (Wildman–Crippen MR) is 97.3 cm³/mol. The standard InChI is InChI=1S/C21H24N2O2/c1-25-19-8-4-5-16(11-19)14-23-10-9-21(15-23)12-17-6-2-3-7-18(17)13-22-20(21)24/h2-8,11H,9-10,12-15H2,1H3,(H,22,24). The molecule has 0 saturated carbocycles. The van der Waals surface area contributed by atoms with Gasteiger partial charge in [-0.05, 0) is 48.2 Å². The van der Waals surface area contributed by atoms with E-state index in [1.54, 1.807) is 7.11 Å². The van der Waals surface area contributed by atoms with Crippen molar-refractivity contribution < 1.29 is 9.53 Å². The number of amides is 1. The fourth-order valence-electron chi connectivity index (χ4n) is 4.16. The molecule has 4 rings (SSSR count). The molecule has 130 valence electrons. The zero-order chi connectivity index (χ0) is 17.3. The highest BCUT2D eigenvalue weighted by Crippen LogP contribution is 2.37. The van der Waals surface area contributed by atoms with Crippen LogP contribution in [0.5, 0.6) is 5.75 Å². The summed E-state index contributed by atoms with van der Waals surface area (Å²) in [5, 5.41) is 3.15. The molecule has 4 nitrogen and oxygen atoms in total. The predicted octanol–water partition coefficient (Wildman–Crippen LogP) is 2.76. The summed E-state index contributed by atoms with van der Waals surface area (Å²) in [5.41, 5.74) is 3.49. The maximum atomic E-state index is 12.8. The minimum absolute atomic E-state index is 0.205. The number of fused-ring (bicyclic) bond motifs is 1. The number of ether oxygens (including phenoxy) is 1. The maximum Gasteiger partial charge on any atom is 0.228 e. The van der Waals surface area contributed by atoms with Crippen molar-refractivity contribution in [2.45, 2.75) is 25.9 Å². The van der Waals surface area contributed by atoms with Crippen LogP contribution in [0.3, 0.4) is 0 Å². The third kappa shape index (κ3) is 3.14. The number of rotatable bonds is 3. The SMILES string of the molecule is COc1cccc(CN2CCC3(Cc4ccccc4CNC3=O)C2)c1. The van der Waals surface area contributed by atoms with Crippen LogP contribution in [0.2, 0.25) is 0 Å². The number of nitrogens with one attached hydrogen (secondary N) is 1. The second-order valence-corrected chi connectivity index (χ2v) is 7.22. The van der Waals surface area contributed by atoms with E-state index in [0.29, 0.717) is 6.54 Å². The summed E-state index contributed by atoms with van der Waals surface area (Å²) in [4.78, 5) is 15.2. The molecule has 1 N–H and O–H groups in total. The smallest absolute Gasteiger partial charge is 0.228 e. The Morgan fingerprint density at radius 2 is 2.00 bits per heavy atom. The van der Waals surface area contributed by atoms with E-state index in [-0.39, 0.29) is 11.3 Å². The number of likely N-dealkylation sites (tertiary alicyclic amines) is 1. The van der Waals surface area contributed by atoms with Gasteiger partial charge in [0, 0.05) is 19.6 Å². The molecular weight excluding hydrogens is 312 g/mol. The van der Waals surface area contributed by atoms with Crippen LogP contribution in [-0.4, -0.2) is 31.0 Å². The number of hydrogen-bond acceptors (Lipinski definition) is 3. The van der Waals surface area contributed by atoms with Gasteiger partial charge in [0.1, 0.15) is 5.75 Å². The molecule has 1 amide bonds. The van der Waals surface area contributed by atoms with Crippen LogP contribution in [-0.2, 0) is 24.3 Å². The highest BCUT2D eigenvalue weighted by Gasteiger charge is 2.45. The molecule has 0 radical (unpaired) electrons. The van der Waals surface area contributed by atoms with Crippen LogP contribution in [0, 0.1) is 5.41 Å². The van der Waals surface area contributed by atoms with Crippen LogP contribution < -0.4 is 10.1 Å². The second kappa shape index (κ2) is 6.52. The van der Waals surface area contributed by atoms with Gasteiger partial charge in [-0.2, -0.15) is 0 Å². The second-order valence-electron chi connectivity index (χ2n) is 7.22. The van der Waals surface area contributed by atoms with Crippen LogP contribution in [0.15, 0.2) is 48.5 Å². The molecule has 2 aliphatic rings. The zero-order valence-corrected chi connectivity index (χ0v) is 14.6. The number of methoxy groups -OCH3 is 1. The molecule has 25 heavy (non-hydrogen) atoms. The van der Waals surface area contributed by atoms with Crippen molar-refractivity contribution in [3.05, 3.63) is 65.2 Å². The Morgan fingerprint density at radius 3 is 2.84 bits per heavy atom. The normalized spacial score (nSPS) is 23.2. The lowest BCUT2D eigenvalue weighted by atomic mass is 9.80. The molecule has 4 heteroatoms. The van der Waals surface area contributed by atoms with Gasteiger partial charge in [-0.15, -0.1) is 0 Å². The molecule has 2 aromatic rings. The van der Waals surface area contributed by atoms with Crippen molar-refractivity contribution >= 4 is 5.91 Å². The lowest BCUT2D eigenvalue weighted by Crippen LogP contribution is -2.42. The van der Waals surface area contributed by atoms with Crippen molar-refractivity contribution in [2.75, 3.05) is 20.2 Å². The van der Waals surface area contributed by atoms with Gasteiger partial charge in [-0.3, -0.25) is 9.69 Å². The van der Waals surface area contributed by atoms with Crippen molar-refractivity contribution in [1.82, 2.24) is 10.2 Å². The third-order valence-corrected chi connectivity index (χ3v) is 5.54. The monoisotopic (exact) mass is 336 g/mol. The van der Waals surface area contributed by atoms with Crippen molar-refractivity contribution in [1.29, 1.82) is 0 Å². The third-order valence-electron chi connectivity index (χ3n) is 5.54. The van der Waals surface area contributed by atoms with Gasteiger partial charge in [0.05, 0.1) is 12.5 Å². The molecule has 1 spiro atoms. The van der Waals surface area contributed by atoms with Gasteiger partial charge in [-0.25, -0.2) is 0 Å². The number of nitrogens with zero attached hydrogens (tertiary/aromatic N) is 1. The van der Waals surface area contributed by atoms with E-state index in [9.17, 15) is 4.79 Å². The van der Waals surface area contributed by atoms with Crippen molar-refractivity contribution in [3.63, 3.8) is 0 Å². The fourth-order valence-corrected chi connectivity index (χ4v) is 4.16. The van der Waals surface area contributed by atoms with E-state index in [1.165, 1.54) is 16.7 Å². The Morgan fingerprint density at radius 1 is 1.16 bits per heavy atom. The van der Waals surface area contributed by atoms with E-state index < -0.39 is 0 Å². The van der Waals surface area contributed by atoms with Crippen LogP contribution in [0.1, 0.15) is 23.1 Å². The van der Waals surface area contributed by atoms with Gasteiger partial charge < -0.3 is 10.1 Å². The summed E-state index contributed by atoms with van der Waals surface area (Å²) in [6, 6.07) is 16.6. The minimum Gasteiger partial charge on any atom is -0.497 e. The number of hydrogen-bond donors (Lipinski definition) is 1. The number of benzene rings is 2. The highest BCUT2D eigenvalue weighted by atomic mass is 16.5. The topological polar surface area (TPSA) is 41.6 Å². The van der Waals surface area contributed by atoms with E-state index >= 15 is 0 Å². The molecule has 1 atom stereocenters. The van der Waals surface area contributed by atoms with Gasteiger partial charge in [-0.1, -0.05) is 36.4 Å². The Kier molecular flexibility index (Phi) is 4.22. The maximum absolute atomic E-state index is 12.8. The van der Waals surface area contributed by atoms with Crippen LogP contribution in [0.4, 0.5) is 0 Å². The first-order valence-corrected chi connectivity index (χ1v) is 8.89. The van der Waals surface area contributed by atoms with Gasteiger partial charge >= 0.3 is 0 Å². The molecule has 2 aliphatic heterocycles. The lowest BCUT2D eigenvalue weighted by molar-refractivity contribution is -0.130. The summed E-state index contributed by atoms with van der Waals surface area (Å²) in [5.74, 6) is 1.09. The Balaban J connectivity index is 1.53. The first-order valence-electron chi connectivity index (χ1n) is 8.89. The number of carbonyl (C=O) groups excluding carboxylic acids is 1. The molecule has 1 unspecified atom stereocenters. The molecule has 1 saturated heterocycles. The zero-order valence-electron chi connectivity index (χ0n) is 14.6. The van der Waals surface area contributed by atoms with Crippen LogP contribution in [0.25, 0.3) is 0 Å². The summed E-state index contributed by atoms with van der Waals surface area (Å²) < 4.78 is 5.32. The molecule has 0 bridgehead atoms. The summed E-state index contributed by atoms with van der Waals surface area (Å²) in [6.07, 6.45) is 1.75. The quantitative estimate of drug-likeness (QED) is 0.937. The van der Waals surface area contributed by atoms with Crippen molar-refractivity contribution in [2.24, 2.45) is 5.41 Å². The van der Waals surface area contributed by atoms with Crippen LogP contribution >= 0.6 is 0 Å². The largest absolute Gasteiger partial charge is 0.497 e. The minimum atomic E-state index is -0.300. The molecule has 2 aromatic carbocycles. The average Bonchev–Trinajstić information content (AvgIpc) is 2.98. The molecule has 0 aromatic heterocycles. The van der Waals surface area contributed by atoms with E-state index in [0.717, 1.165) is 38.2 Å². The van der Waals surface area contributed by atoms with Gasteiger partial charge in [0.25, 0.3) is 0 Å². The summed E-state index contributed by atoms with van der Waals surface area (Å²) >= 11 is 0. The molecular formula is C21H24N2O2. The Labute approximate surface area is 148 Å². The van der Waals surface area contributed by atoms with E-state index in [1.807, 2.05) is 18.2 Å². The molecule has 1 fully saturated rings. The first-order chi connectivity index (χ1) is 12.2. The summed E-state index contributed by atoms with van der Waals surface area (Å²) in [6.45, 7) is 3.26. The summed E-state index contributed by atoms with van der Waals surface area (Å²) in [7, 11) is 1.69. The first kappa shape index (κ1) is 16.2. The average molecular weight is 336 g/mol. The van der Waals surface area contributed by atoms with Gasteiger partial charge in [0.15, 0.2) is 0 Å².